The molecule has 0 amide bonds. The number of nitrogens with one attached hydrogen (secondary N) is 1. The third-order valence-corrected chi connectivity index (χ3v) is 4.57. The lowest BCUT2D eigenvalue weighted by molar-refractivity contribution is 0.386. The molecule has 0 radical (unpaired) electrons. The summed E-state index contributed by atoms with van der Waals surface area (Å²) in [5.74, 6) is -1.37. The predicted molar refractivity (Wildman–Crippen MR) is 91.3 cm³/mol. The van der Waals surface area contributed by atoms with Gasteiger partial charge in [-0.3, -0.25) is 0 Å². The van der Waals surface area contributed by atoms with Gasteiger partial charge in [-0.15, -0.1) is 0 Å². The van der Waals surface area contributed by atoms with E-state index in [-0.39, 0.29) is 5.75 Å². The Morgan fingerprint density at radius 3 is 2.75 bits per heavy atom. The quantitative estimate of drug-likeness (QED) is 0.552. The van der Waals surface area contributed by atoms with Gasteiger partial charge < -0.3 is 9.72 Å². The van der Waals surface area contributed by atoms with E-state index in [2.05, 4.69) is 9.97 Å². The molecule has 4 aromatic rings. The number of methoxy groups -OCH3 is 1. The van der Waals surface area contributed by atoms with Crippen LogP contribution in [-0.4, -0.2) is 17.1 Å². The summed E-state index contributed by atoms with van der Waals surface area (Å²) in [4.78, 5) is 7.44. The van der Waals surface area contributed by atoms with Gasteiger partial charge in [0.1, 0.15) is 11.5 Å². The highest BCUT2D eigenvalue weighted by Crippen LogP contribution is 2.38. The Bertz CT molecular complexity index is 1030. The van der Waals surface area contributed by atoms with E-state index in [1.165, 1.54) is 13.2 Å². The molecular weight excluding hydrogens is 330 g/mol. The van der Waals surface area contributed by atoms with Gasteiger partial charge in [-0.25, -0.2) is 13.8 Å². The van der Waals surface area contributed by atoms with Crippen LogP contribution in [0.2, 0.25) is 0 Å². The molecule has 3 aromatic heterocycles. The van der Waals surface area contributed by atoms with E-state index in [4.69, 9.17) is 4.74 Å². The van der Waals surface area contributed by atoms with E-state index < -0.39 is 11.6 Å². The summed E-state index contributed by atoms with van der Waals surface area (Å²) in [7, 11) is 1.36. The van der Waals surface area contributed by atoms with Crippen LogP contribution in [0, 0.1) is 11.6 Å². The lowest BCUT2D eigenvalue weighted by atomic mass is 10.0. The monoisotopic (exact) mass is 342 g/mol. The van der Waals surface area contributed by atoms with Crippen molar-refractivity contribution < 1.29 is 13.5 Å². The zero-order chi connectivity index (χ0) is 16.7. The Morgan fingerprint density at radius 1 is 1.12 bits per heavy atom. The number of pyridine rings is 1. The molecular formula is C18H12F2N2OS. The van der Waals surface area contributed by atoms with Crippen molar-refractivity contribution in [2.24, 2.45) is 0 Å². The molecule has 3 heterocycles. The molecule has 6 heteroatoms. The SMILES string of the molecule is COc1c(F)cc(F)cc1-c1c[nH]c2ncc(-c3ccsc3)cc12. The van der Waals surface area contributed by atoms with Crippen LogP contribution in [0.4, 0.5) is 8.78 Å². The maximum atomic E-state index is 14.0. The molecule has 120 valence electrons. The molecule has 4 rings (SSSR count). The summed E-state index contributed by atoms with van der Waals surface area (Å²) in [5, 5.41) is 4.79. The Balaban J connectivity index is 1.96. The van der Waals surface area contributed by atoms with E-state index in [1.807, 2.05) is 22.9 Å². The van der Waals surface area contributed by atoms with Gasteiger partial charge in [-0.05, 0) is 34.5 Å². The van der Waals surface area contributed by atoms with Crippen molar-refractivity contribution in [2.45, 2.75) is 0 Å². The number of aromatic nitrogens is 2. The average molecular weight is 342 g/mol. The molecule has 0 bridgehead atoms. The first-order valence-corrected chi connectivity index (χ1v) is 8.15. The van der Waals surface area contributed by atoms with Gasteiger partial charge in [-0.2, -0.15) is 11.3 Å². The molecule has 1 N–H and O–H groups in total. The number of H-pyrrole nitrogens is 1. The highest BCUT2D eigenvalue weighted by molar-refractivity contribution is 7.08. The minimum Gasteiger partial charge on any atom is -0.493 e. The van der Waals surface area contributed by atoms with E-state index in [0.717, 1.165) is 22.6 Å². The van der Waals surface area contributed by atoms with Gasteiger partial charge in [0.15, 0.2) is 11.6 Å². The van der Waals surface area contributed by atoms with Crippen molar-refractivity contribution in [3.63, 3.8) is 0 Å². The van der Waals surface area contributed by atoms with Crippen molar-refractivity contribution in [1.82, 2.24) is 9.97 Å². The second-order valence-corrected chi connectivity index (χ2v) is 6.08. The largest absolute Gasteiger partial charge is 0.493 e. The highest BCUT2D eigenvalue weighted by Gasteiger charge is 2.17. The number of halogens is 2. The maximum absolute atomic E-state index is 14.0. The molecule has 0 atom stereocenters. The standard InChI is InChI=1S/C18H12F2N2OS/c1-23-17-13(5-12(19)6-16(17)20)15-8-22-18-14(15)4-11(7-21-18)10-2-3-24-9-10/h2-9H,1H3,(H,21,22). The fourth-order valence-corrected chi connectivity index (χ4v) is 3.45. The molecule has 0 aliphatic rings. The van der Waals surface area contributed by atoms with Gasteiger partial charge in [0.2, 0.25) is 0 Å². The molecule has 24 heavy (non-hydrogen) atoms. The zero-order valence-electron chi connectivity index (χ0n) is 12.6. The Labute approximate surface area is 140 Å². The van der Waals surface area contributed by atoms with Crippen molar-refractivity contribution >= 4 is 22.4 Å². The van der Waals surface area contributed by atoms with E-state index in [9.17, 15) is 8.78 Å². The van der Waals surface area contributed by atoms with Crippen LogP contribution in [0.15, 0.2) is 47.4 Å². The first kappa shape index (κ1) is 14.8. The highest BCUT2D eigenvalue weighted by atomic mass is 32.1. The molecule has 0 saturated carbocycles. The normalized spacial score (nSPS) is 11.1. The third kappa shape index (κ3) is 2.35. The van der Waals surface area contributed by atoms with Gasteiger partial charge in [0.05, 0.1) is 7.11 Å². The van der Waals surface area contributed by atoms with Gasteiger partial charge in [0.25, 0.3) is 0 Å². The van der Waals surface area contributed by atoms with Crippen LogP contribution in [0.3, 0.4) is 0 Å². The molecule has 3 nitrogen and oxygen atoms in total. The smallest absolute Gasteiger partial charge is 0.168 e. The van der Waals surface area contributed by atoms with Crippen molar-refractivity contribution in [1.29, 1.82) is 0 Å². The summed E-state index contributed by atoms with van der Waals surface area (Å²) < 4.78 is 32.9. The summed E-state index contributed by atoms with van der Waals surface area (Å²) in [6.07, 6.45) is 3.46. The van der Waals surface area contributed by atoms with Crippen LogP contribution in [-0.2, 0) is 0 Å². The lowest BCUT2D eigenvalue weighted by Crippen LogP contribution is -1.93. The number of rotatable bonds is 3. The van der Waals surface area contributed by atoms with Gasteiger partial charge in [0, 0.05) is 40.5 Å². The molecule has 0 fully saturated rings. The molecule has 0 spiro atoms. The minimum absolute atomic E-state index is 0.0123. The summed E-state index contributed by atoms with van der Waals surface area (Å²) in [6, 6.07) is 6.04. The number of thiophene rings is 1. The third-order valence-electron chi connectivity index (χ3n) is 3.89. The second-order valence-electron chi connectivity index (χ2n) is 5.30. The van der Waals surface area contributed by atoms with Gasteiger partial charge in [-0.1, -0.05) is 0 Å². The number of hydrogen-bond acceptors (Lipinski definition) is 3. The average Bonchev–Trinajstić information content (AvgIpc) is 3.23. The minimum atomic E-state index is -0.733. The number of aromatic amines is 1. The first-order valence-electron chi connectivity index (χ1n) is 7.20. The Morgan fingerprint density at radius 2 is 2.00 bits per heavy atom. The van der Waals surface area contributed by atoms with E-state index >= 15 is 0 Å². The van der Waals surface area contributed by atoms with Crippen LogP contribution >= 0.6 is 11.3 Å². The van der Waals surface area contributed by atoms with Crippen LogP contribution < -0.4 is 4.74 Å². The zero-order valence-corrected chi connectivity index (χ0v) is 13.5. The molecule has 1 aromatic carbocycles. The number of hydrogen-bond donors (Lipinski definition) is 1. The van der Waals surface area contributed by atoms with E-state index in [1.54, 1.807) is 23.7 Å². The van der Waals surface area contributed by atoms with E-state index in [0.29, 0.717) is 16.8 Å². The number of nitrogens with zero attached hydrogens (tertiary/aromatic N) is 1. The summed E-state index contributed by atoms with van der Waals surface area (Å²) in [6.45, 7) is 0. The van der Waals surface area contributed by atoms with Crippen LogP contribution in [0.5, 0.6) is 5.75 Å². The Kier molecular flexibility index (Phi) is 3.54. The van der Waals surface area contributed by atoms with Crippen molar-refractivity contribution in [2.75, 3.05) is 7.11 Å². The van der Waals surface area contributed by atoms with Crippen molar-refractivity contribution in [3.05, 3.63) is 59.1 Å². The summed E-state index contributed by atoms with van der Waals surface area (Å²) >= 11 is 1.60. The lowest BCUT2D eigenvalue weighted by Gasteiger charge is -2.09. The maximum Gasteiger partial charge on any atom is 0.168 e. The number of fused-ring (bicyclic) bond motifs is 1. The first-order chi connectivity index (χ1) is 11.7. The number of benzene rings is 1. The Hall–Kier alpha value is -2.73. The number of ether oxygens (including phenoxy) is 1. The van der Waals surface area contributed by atoms with Crippen LogP contribution in [0.25, 0.3) is 33.3 Å². The summed E-state index contributed by atoms with van der Waals surface area (Å²) in [5.41, 5.74) is 3.64. The molecule has 0 saturated heterocycles. The molecule has 0 aliphatic heterocycles. The molecule has 0 unspecified atom stereocenters. The second kappa shape index (κ2) is 5.72. The predicted octanol–water partition coefficient (Wildman–Crippen LogP) is 5.25. The topological polar surface area (TPSA) is 37.9 Å². The fourth-order valence-electron chi connectivity index (χ4n) is 2.78. The van der Waals surface area contributed by atoms with Gasteiger partial charge >= 0.3 is 0 Å². The van der Waals surface area contributed by atoms with Crippen LogP contribution in [0.1, 0.15) is 0 Å². The molecule has 0 aliphatic carbocycles. The van der Waals surface area contributed by atoms with Crippen molar-refractivity contribution in [3.8, 4) is 28.0 Å². The fraction of sp³-hybridized carbons (Fsp3) is 0.0556.